The zero-order valence-electron chi connectivity index (χ0n) is 10.7. The zero-order valence-corrected chi connectivity index (χ0v) is 10.7. The molecule has 0 radical (unpaired) electrons. The average molecular weight is 246 g/mol. The highest BCUT2D eigenvalue weighted by Gasteiger charge is 2.23. The van der Waals surface area contributed by atoms with Gasteiger partial charge < -0.3 is 10.0 Å². The van der Waals surface area contributed by atoms with Gasteiger partial charge in [-0.25, -0.2) is 9.50 Å². The van der Waals surface area contributed by atoms with E-state index in [2.05, 4.69) is 34.9 Å². The molecular formula is C13H18N4O. The van der Waals surface area contributed by atoms with Gasteiger partial charge in [0.1, 0.15) is 5.52 Å². The molecule has 0 amide bonds. The number of nitrogens with zero attached hydrogens (tertiary/aromatic N) is 4. The molecule has 1 unspecified atom stereocenters. The Balaban J connectivity index is 2.06. The van der Waals surface area contributed by atoms with Crippen LogP contribution in [0.5, 0.6) is 0 Å². The number of hydrogen-bond donors (Lipinski definition) is 1. The van der Waals surface area contributed by atoms with Crippen molar-refractivity contribution < 1.29 is 5.11 Å². The third-order valence-electron chi connectivity index (χ3n) is 3.44. The lowest BCUT2D eigenvalue weighted by Gasteiger charge is -2.16. The van der Waals surface area contributed by atoms with Crippen LogP contribution in [0.25, 0.3) is 5.52 Å². The lowest BCUT2D eigenvalue weighted by Crippen LogP contribution is -2.22. The molecule has 1 saturated heterocycles. The Hall–Kier alpha value is -1.62. The molecule has 3 heterocycles. The molecule has 0 bridgehead atoms. The van der Waals surface area contributed by atoms with Gasteiger partial charge in [0.15, 0.2) is 5.82 Å². The van der Waals surface area contributed by atoms with Gasteiger partial charge in [-0.1, -0.05) is 13.8 Å². The molecule has 2 aromatic heterocycles. The fourth-order valence-electron chi connectivity index (χ4n) is 2.39. The summed E-state index contributed by atoms with van der Waals surface area (Å²) in [6.45, 7) is 5.79. The average Bonchev–Trinajstić information content (AvgIpc) is 2.94. The standard InChI is InChI=1S/C13H18N4O/c1-9(2)11-7-12-13(14-4-6-17(12)15-11)16-5-3-10(18)8-16/h4,6-7,9-10,18H,3,5,8H2,1-2H3. The molecule has 0 aliphatic carbocycles. The van der Waals surface area contributed by atoms with Crippen molar-refractivity contribution in [1.82, 2.24) is 14.6 Å². The molecule has 1 atom stereocenters. The number of aromatic nitrogens is 3. The predicted molar refractivity (Wildman–Crippen MR) is 69.9 cm³/mol. The van der Waals surface area contributed by atoms with Crippen LogP contribution >= 0.6 is 0 Å². The minimum absolute atomic E-state index is 0.237. The molecular weight excluding hydrogens is 228 g/mol. The molecule has 3 rings (SSSR count). The van der Waals surface area contributed by atoms with E-state index in [9.17, 15) is 5.11 Å². The Morgan fingerprint density at radius 2 is 2.28 bits per heavy atom. The Kier molecular flexibility index (Phi) is 2.70. The molecule has 2 aromatic rings. The fraction of sp³-hybridized carbons (Fsp3) is 0.538. The summed E-state index contributed by atoms with van der Waals surface area (Å²) in [5, 5.41) is 14.2. The summed E-state index contributed by atoms with van der Waals surface area (Å²) in [4.78, 5) is 6.58. The van der Waals surface area contributed by atoms with E-state index in [4.69, 9.17) is 0 Å². The van der Waals surface area contributed by atoms with Gasteiger partial charge in [-0.2, -0.15) is 5.10 Å². The van der Waals surface area contributed by atoms with Gasteiger partial charge in [-0.15, -0.1) is 0 Å². The molecule has 1 fully saturated rings. The van der Waals surface area contributed by atoms with E-state index >= 15 is 0 Å². The Labute approximate surface area is 106 Å². The summed E-state index contributed by atoms with van der Waals surface area (Å²) >= 11 is 0. The Morgan fingerprint density at radius 3 is 2.94 bits per heavy atom. The quantitative estimate of drug-likeness (QED) is 0.870. The van der Waals surface area contributed by atoms with Crippen LogP contribution in [0.1, 0.15) is 31.9 Å². The minimum Gasteiger partial charge on any atom is -0.391 e. The van der Waals surface area contributed by atoms with E-state index in [1.807, 2.05) is 10.7 Å². The number of β-amino-alcohol motifs (C(OH)–C–C–N with tert-alkyl or cyclic N) is 1. The summed E-state index contributed by atoms with van der Waals surface area (Å²) in [6.07, 6.45) is 4.22. The third kappa shape index (κ3) is 1.84. The van der Waals surface area contributed by atoms with E-state index in [1.54, 1.807) is 6.20 Å². The minimum atomic E-state index is -0.237. The van der Waals surface area contributed by atoms with Crippen LogP contribution in [0, 0.1) is 0 Å². The van der Waals surface area contributed by atoms with Crippen LogP contribution in [0.15, 0.2) is 18.5 Å². The monoisotopic (exact) mass is 246 g/mol. The lowest BCUT2D eigenvalue weighted by atomic mass is 10.1. The molecule has 5 nitrogen and oxygen atoms in total. The van der Waals surface area contributed by atoms with Crippen molar-refractivity contribution in [1.29, 1.82) is 0 Å². The number of rotatable bonds is 2. The molecule has 0 saturated carbocycles. The Bertz CT molecular complexity index is 563. The lowest BCUT2D eigenvalue weighted by molar-refractivity contribution is 0.198. The second-order valence-electron chi connectivity index (χ2n) is 5.19. The van der Waals surface area contributed by atoms with Gasteiger partial charge in [0.2, 0.25) is 0 Å². The number of fused-ring (bicyclic) bond motifs is 1. The van der Waals surface area contributed by atoms with Crippen LogP contribution in [-0.2, 0) is 0 Å². The van der Waals surface area contributed by atoms with Crippen molar-refractivity contribution >= 4 is 11.3 Å². The summed E-state index contributed by atoms with van der Waals surface area (Å²) in [5.41, 5.74) is 2.10. The second kappa shape index (κ2) is 4.24. The molecule has 18 heavy (non-hydrogen) atoms. The maximum Gasteiger partial charge on any atom is 0.154 e. The van der Waals surface area contributed by atoms with E-state index in [0.717, 1.165) is 30.0 Å². The molecule has 0 spiro atoms. The van der Waals surface area contributed by atoms with E-state index in [0.29, 0.717) is 12.5 Å². The van der Waals surface area contributed by atoms with Crippen molar-refractivity contribution in [3.05, 3.63) is 24.2 Å². The zero-order chi connectivity index (χ0) is 12.7. The molecule has 0 aromatic carbocycles. The number of hydrogen-bond acceptors (Lipinski definition) is 4. The maximum atomic E-state index is 9.63. The van der Waals surface area contributed by atoms with Gasteiger partial charge >= 0.3 is 0 Å². The van der Waals surface area contributed by atoms with E-state index in [1.165, 1.54) is 0 Å². The topological polar surface area (TPSA) is 53.7 Å². The first-order valence-electron chi connectivity index (χ1n) is 6.42. The highest BCUT2D eigenvalue weighted by atomic mass is 16.3. The first-order chi connectivity index (χ1) is 8.65. The van der Waals surface area contributed by atoms with Crippen molar-refractivity contribution in [2.45, 2.75) is 32.3 Å². The Morgan fingerprint density at radius 1 is 1.44 bits per heavy atom. The van der Waals surface area contributed by atoms with E-state index < -0.39 is 0 Å². The molecule has 1 aliphatic heterocycles. The predicted octanol–water partition coefficient (Wildman–Crippen LogP) is 1.42. The van der Waals surface area contributed by atoms with Crippen LogP contribution in [-0.4, -0.2) is 38.9 Å². The highest BCUT2D eigenvalue weighted by molar-refractivity contribution is 5.69. The molecule has 96 valence electrons. The first-order valence-corrected chi connectivity index (χ1v) is 6.42. The number of aliphatic hydroxyl groups is 1. The van der Waals surface area contributed by atoms with Gasteiger partial charge in [-0.3, -0.25) is 0 Å². The fourth-order valence-corrected chi connectivity index (χ4v) is 2.39. The highest BCUT2D eigenvalue weighted by Crippen LogP contribution is 2.25. The molecule has 1 N–H and O–H groups in total. The maximum absolute atomic E-state index is 9.63. The van der Waals surface area contributed by atoms with Crippen LogP contribution in [0.3, 0.4) is 0 Å². The number of aliphatic hydroxyl groups excluding tert-OH is 1. The molecule has 1 aliphatic rings. The summed E-state index contributed by atoms with van der Waals surface area (Å²) in [7, 11) is 0. The van der Waals surface area contributed by atoms with Crippen LogP contribution in [0.4, 0.5) is 5.82 Å². The summed E-state index contributed by atoms with van der Waals surface area (Å²) < 4.78 is 1.88. The largest absolute Gasteiger partial charge is 0.391 e. The van der Waals surface area contributed by atoms with Gasteiger partial charge in [0, 0.05) is 25.5 Å². The van der Waals surface area contributed by atoms with Gasteiger partial charge in [0.05, 0.1) is 11.8 Å². The normalized spacial score (nSPS) is 20.2. The van der Waals surface area contributed by atoms with Crippen molar-refractivity contribution in [2.24, 2.45) is 0 Å². The van der Waals surface area contributed by atoms with Gasteiger partial charge in [-0.05, 0) is 18.4 Å². The third-order valence-corrected chi connectivity index (χ3v) is 3.44. The van der Waals surface area contributed by atoms with Crippen molar-refractivity contribution in [3.8, 4) is 0 Å². The summed E-state index contributed by atoms with van der Waals surface area (Å²) in [5.74, 6) is 1.33. The summed E-state index contributed by atoms with van der Waals surface area (Å²) in [6, 6.07) is 2.09. The smallest absolute Gasteiger partial charge is 0.154 e. The SMILES string of the molecule is CC(C)c1cc2c(N3CCC(O)C3)nccn2n1. The molecule has 5 heteroatoms. The number of anilines is 1. The second-order valence-corrected chi connectivity index (χ2v) is 5.19. The van der Waals surface area contributed by atoms with Crippen molar-refractivity contribution in [3.63, 3.8) is 0 Å². The van der Waals surface area contributed by atoms with Gasteiger partial charge in [0.25, 0.3) is 0 Å². The van der Waals surface area contributed by atoms with E-state index in [-0.39, 0.29) is 6.10 Å². The first kappa shape index (κ1) is 11.5. The van der Waals surface area contributed by atoms with Crippen LogP contribution in [0.2, 0.25) is 0 Å². The van der Waals surface area contributed by atoms with Crippen LogP contribution < -0.4 is 4.90 Å². The van der Waals surface area contributed by atoms with Crippen molar-refractivity contribution in [2.75, 3.05) is 18.0 Å².